The molecule has 0 aliphatic carbocycles. The van der Waals surface area contributed by atoms with Gasteiger partial charge in [-0.2, -0.15) is 0 Å². The first-order valence-corrected chi connectivity index (χ1v) is 14.2. The molecule has 1 rings (SSSR count). The predicted octanol–water partition coefficient (Wildman–Crippen LogP) is 3.76. The van der Waals surface area contributed by atoms with Crippen molar-refractivity contribution in [1.29, 1.82) is 0 Å². The molecule has 0 aromatic heterocycles. The molecule has 0 aliphatic heterocycles. The van der Waals surface area contributed by atoms with E-state index in [1.807, 2.05) is 27.7 Å². The molecule has 2 unspecified atom stereocenters. The minimum Gasteiger partial charge on any atom is -0.461 e. The second-order valence-corrected chi connectivity index (χ2v) is 9.56. The Morgan fingerprint density at radius 3 is 2.10 bits per heavy atom. The van der Waals surface area contributed by atoms with Gasteiger partial charge in [0.1, 0.15) is 18.7 Å². The molecular weight excluding hydrogens is 514 g/mol. The maximum absolute atomic E-state index is 13.1. The van der Waals surface area contributed by atoms with Gasteiger partial charge in [0.2, 0.25) is 17.7 Å². The number of nitrogens with one attached hydrogen (secondary N) is 4. The molecular formula is C29H49N5O6. The fourth-order valence-electron chi connectivity index (χ4n) is 3.64. The van der Waals surface area contributed by atoms with Crippen molar-refractivity contribution in [3.8, 4) is 0 Å². The first-order valence-electron chi connectivity index (χ1n) is 14.2. The van der Waals surface area contributed by atoms with Crippen LogP contribution in [0.2, 0.25) is 0 Å². The Morgan fingerprint density at radius 1 is 0.900 bits per heavy atom. The van der Waals surface area contributed by atoms with E-state index in [4.69, 9.17) is 10.5 Å². The van der Waals surface area contributed by atoms with E-state index >= 15 is 0 Å². The third-order valence-corrected chi connectivity index (χ3v) is 5.79. The number of unbranched alkanes of at least 4 members (excludes halogenated alkanes) is 3. The molecule has 1 aromatic carbocycles. The summed E-state index contributed by atoms with van der Waals surface area (Å²) in [6.07, 6.45) is 4.79. The lowest BCUT2D eigenvalue weighted by molar-refractivity contribution is -0.142. The van der Waals surface area contributed by atoms with E-state index < -0.39 is 29.9 Å². The number of carbonyl (C=O) groups is 5. The molecule has 6 N–H and O–H groups in total. The number of anilines is 1. The van der Waals surface area contributed by atoms with Crippen LogP contribution in [0.1, 0.15) is 92.1 Å². The zero-order chi connectivity index (χ0) is 30.5. The van der Waals surface area contributed by atoms with Gasteiger partial charge < -0.3 is 31.7 Å². The van der Waals surface area contributed by atoms with Gasteiger partial charge in [0.05, 0.1) is 0 Å². The van der Waals surface area contributed by atoms with Gasteiger partial charge in [-0.3, -0.25) is 19.2 Å². The Balaban J connectivity index is 0.00000742. The lowest BCUT2D eigenvalue weighted by Gasteiger charge is -2.25. The van der Waals surface area contributed by atoms with Gasteiger partial charge in [-0.15, -0.1) is 0 Å². The standard InChI is InChI=1S/C27H43N5O6.C2H6/c1-5-6-7-8-11-23(34)32-24(18(2)3)26(36)31-22(10-9-16-29-27(28)37)25(35)30-21-14-12-20(13-15-21)17-38-19(4)33;1-2/h12-15,18,22,24H,5-11,16-17H2,1-4H3,(H,30,35)(H,31,36)(H,32,34)(H3,28,29,37);1-2H3. The van der Waals surface area contributed by atoms with E-state index in [1.54, 1.807) is 24.3 Å². The molecule has 1 aromatic rings. The molecule has 0 saturated carbocycles. The zero-order valence-corrected chi connectivity index (χ0v) is 24.9. The molecule has 5 amide bonds. The largest absolute Gasteiger partial charge is 0.461 e. The quantitative estimate of drug-likeness (QED) is 0.143. The number of primary amides is 1. The summed E-state index contributed by atoms with van der Waals surface area (Å²) >= 11 is 0. The van der Waals surface area contributed by atoms with Crippen LogP contribution in [0, 0.1) is 5.92 Å². The molecule has 0 heterocycles. The van der Waals surface area contributed by atoms with E-state index in [-0.39, 0.29) is 37.4 Å². The lowest BCUT2D eigenvalue weighted by Crippen LogP contribution is -2.54. The number of amides is 5. The summed E-state index contributed by atoms with van der Waals surface area (Å²) < 4.78 is 4.96. The molecule has 0 radical (unpaired) electrons. The van der Waals surface area contributed by atoms with Crippen LogP contribution >= 0.6 is 0 Å². The first kappa shape index (κ1) is 36.4. The van der Waals surface area contributed by atoms with Crippen molar-refractivity contribution in [2.45, 2.75) is 105 Å². The number of hydrogen-bond donors (Lipinski definition) is 5. The highest BCUT2D eigenvalue weighted by atomic mass is 16.5. The van der Waals surface area contributed by atoms with Gasteiger partial charge >= 0.3 is 12.0 Å². The Hall–Kier alpha value is -3.63. The minimum atomic E-state index is -0.916. The second kappa shape index (κ2) is 21.2. The third-order valence-electron chi connectivity index (χ3n) is 5.79. The van der Waals surface area contributed by atoms with Crippen molar-refractivity contribution in [3.63, 3.8) is 0 Å². The molecule has 2 atom stereocenters. The van der Waals surface area contributed by atoms with Crippen molar-refractivity contribution in [1.82, 2.24) is 16.0 Å². The highest BCUT2D eigenvalue weighted by molar-refractivity contribution is 5.98. The number of rotatable bonds is 17. The summed E-state index contributed by atoms with van der Waals surface area (Å²) in [5, 5.41) is 10.8. The van der Waals surface area contributed by atoms with Gasteiger partial charge in [-0.05, 0) is 42.9 Å². The monoisotopic (exact) mass is 563 g/mol. The molecule has 0 bridgehead atoms. The van der Waals surface area contributed by atoms with Gasteiger partial charge in [0.15, 0.2) is 0 Å². The van der Waals surface area contributed by atoms with Crippen LogP contribution in [0.15, 0.2) is 24.3 Å². The van der Waals surface area contributed by atoms with Crippen molar-refractivity contribution in [3.05, 3.63) is 29.8 Å². The Kier molecular flexibility index (Phi) is 19.3. The van der Waals surface area contributed by atoms with Crippen LogP contribution in [0.4, 0.5) is 10.5 Å². The second-order valence-electron chi connectivity index (χ2n) is 9.56. The highest BCUT2D eigenvalue weighted by Gasteiger charge is 2.28. The Bertz CT molecular complexity index is 920. The van der Waals surface area contributed by atoms with Crippen LogP contribution in [-0.2, 0) is 30.5 Å². The summed E-state index contributed by atoms with van der Waals surface area (Å²) in [4.78, 5) is 60.6. The number of carbonyl (C=O) groups excluding carboxylic acids is 5. The van der Waals surface area contributed by atoms with Crippen molar-refractivity contribution in [2.24, 2.45) is 11.7 Å². The van der Waals surface area contributed by atoms with E-state index in [9.17, 15) is 24.0 Å². The molecule has 0 aliphatic rings. The Labute approximate surface area is 238 Å². The molecule has 0 saturated heterocycles. The van der Waals surface area contributed by atoms with Crippen LogP contribution in [0.3, 0.4) is 0 Å². The normalized spacial score (nSPS) is 11.8. The van der Waals surface area contributed by atoms with Crippen molar-refractivity contribution < 1.29 is 28.7 Å². The average molecular weight is 564 g/mol. The highest BCUT2D eigenvalue weighted by Crippen LogP contribution is 2.13. The smallest absolute Gasteiger partial charge is 0.312 e. The molecule has 226 valence electrons. The van der Waals surface area contributed by atoms with Gasteiger partial charge in [0.25, 0.3) is 0 Å². The molecule has 40 heavy (non-hydrogen) atoms. The van der Waals surface area contributed by atoms with Gasteiger partial charge in [-0.1, -0.05) is 66.0 Å². The van der Waals surface area contributed by atoms with Crippen LogP contribution in [-0.4, -0.2) is 48.4 Å². The summed E-state index contributed by atoms with van der Waals surface area (Å²) in [6, 6.07) is 4.38. The number of esters is 1. The third kappa shape index (κ3) is 16.4. The van der Waals surface area contributed by atoms with E-state index in [2.05, 4.69) is 28.2 Å². The van der Waals surface area contributed by atoms with Crippen LogP contribution in [0.5, 0.6) is 0 Å². The average Bonchev–Trinajstić information content (AvgIpc) is 2.91. The van der Waals surface area contributed by atoms with Crippen LogP contribution < -0.4 is 27.0 Å². The van der Waals surface area contributed by atoms with Gasteiger partial charge in [-0.25, -0.2) is 4.79 Å². The first-order chi connectivity index (χ1) is 19.0. The lowest BCUT2D eigenvalue weighted by atomic mass is 10.0. The van der Waals surface area contributed by atoms with E-state index in [0.717, 1.165) is 31.2 Å². The SMILES string of the molecule is CC.CCCCCCC(=O)NC(C(=O)NC(CCCNC(N)=O)C(=O)Nc1ccc(COC(C)=O)cc1)C(C)C. The molecule has 11 nitrogen and oxygen atoms in total. The maximum Gasteiger partial charge on any atom is 0.312 e. The molecule has 0 fully saturated rings. The summed E-state index contributed by atoms with van der Waals surface area (Å²) in [6.45, 7) is 11.4. The molecule has 11 heteroatoms. The van der Waals surface area contributed by atoms with Crippen LogP contribution in [0.25, 0.3) is 0 Å². The number of urea groups is 1. The maximum atomic E-state index is 13.1. The number of nitrogens with two attached hydrogens (primary N) is 1. The molecule has 0 spiro atoms. The fourth-order valence-corrected chi connectivity index (χ4v) is 3.64. The number of hydrogen-bond acceptors (Lipinski definition) is 6. The summed E-state index contributed by atoms with van der Waals surface area (Å²) in [5.41, 5.74) is 6.36. The number of benzene rings is 1. The van der Waals surface area contributed by atoms with E-state index in [1.165, 1.54) is 6.92 Å². The summed E-state index contributed by atoms with van der Waals surface area (Å²) in [5.74, 6) is -1.69. The fraction of sp³-hybridized carbons (Fsp3) is 0.621. The summed E-state index contributed by atoms with van der Waals surface area (Å²) in [7, 11) is 0. The number of ether oxygens (including phenoxy) is 1. The van der Waals surface area contributed by atoms with Gasteiger partial charge in [0, 0.05) is 25.6 Å². The zero-order valence-electron chi connectivity index (χ0n) is 24.9. The van der Waals surface area contributed by atoms with E-state index in [0.29, 0.717) is 18.5 Å². The van der Waals surface area contributed by atoms with Crippen molar-refractivity contribution >= 4 is 35.4 Å². The predicted molar refractivity (Wildman–Crippen MR) is 156 cm³/mol. The van der Waals surface area contributed by atoms with Crippen molar-refractivity contribution in [2.75, 3.05) is 11.9 Å². The topological polar surface area (TPSA) is 169 Å². The minimum absolute atomic E-state index is 0.121. The Morgan fingerprint density at radius 2 is 1.55 bits per heavy atom.